The summed E-state index contributed by atoms with van der Waals surface area (Å²) in [6.45, 7) is 2.61. The van der Waals surface area contributed by atoms with Crippen molar-refractivity contribution in [2.45, 2.75) is 19.4 Å². The maximum absolute atomic E-state index is 10.8. The van der Waals surface area contributed by atoms with Gasteiger partial charge in [0, 0.05) is 13.1 Å². The van der Waals surface area contributed by atoms with Crippen molar-refractivity contribution in [3.8, 4) is 0 Å². The molecule has 1 aromatic heterocycles. The summed E-state index contributed by atoms with van der Waals surface area (Å²) in [5, 5.41) is 8.89. The van der Waals surface area contributed by atoms with Crippen molar-refractivity contribution >= 4 is 5.97 Å². The van der Waals surface area contributed by atoms with Crippen LogP contribution in [0.5, 0.6) is 0 Å². The molecule has 1 N–H and O–H groups in total. The lowest BCUT2D eigenvalue weighted by atomic mass is 10.0. The van der Waals surface area contributed by atoms with Crippen LogP contribution in [-0.2, 0) is 19.4 Å². The van der Waals surface area contributed by atoms with Gasteiger partial charge < -0.3 is 9.52 Å². The lowest BCUT2D eigenvalue weighted by molar-refractivity contribution is 0.0696. The molecule has 1 aromatic carbocycles. The molecular formula is C16H17NO3. The molecule has 2 heterocycles. The third kappa shape index (κ3) is 2.75. The van der Waals surface area contributed by atoms with Crippen molar-refractivity contribution in [1.29, 1.82) is 0 Å². The minimum Gasteiger partial charge on any atom is -0.478 e. The summed E-state index contributed by atoms with van der Waals surface area (Å²) in [5.41, 5.74) is 3.06. The molecule has 0 saturated carbocycles. The smallest absolute Gasteiger partial charge is 0.338 e. The quantitative estimate of drug-likeness (QED) is 0.932. The molecular weight excluding hydrogens is 254 g/mol. The molecule has 0 spiro atoms. The number of benzene rings is 1. The summed E-state index contributed by atoms with van der Waals surface area (Å²) >= 11 is 0. The van der Waals surface area contributed by atoms with Gasteiger partial charge in [-0.3, -0.25) is 4.90 Å². The van der Waals surface area contributed by atoms with Crippen molar-refractivity contribution in [3.05, 3.63) is 59.0 Å². The Morgan fingerprint density at radius 3 is 2.40 bits per heavy atom. The molecule has 0 amide bonds. The van der Waals surface area contributed by atoms with Crippen molar-refractivity contribution in [2.24, 2.45) is 0 Å². The molecule has 0 bridgehead atoms. The number of fused-ring (bicyclic) bond motifs is 1. The standard InChI is InChI=1S/C16H17NO3/c18-16(19)14-9-15(20-11-14)10-17-7-5-12-3-1-2-4-13(12)6-8-17/h1-4,9,11H,5-8,10H2,(H,18,19). The monoisotopic (exact) mass is 271 g/mol. The third-order valence-corrected chi connectivity index (χ3v) is 3.79. The maximum atomic E-state index is 10.8. The molecule has 4 nitrogen and oxygen atoms in total. The summed E-state index contributed by atoms with van der Waals surface area (Å²) in [6.07, 6.45) is 3.37. The van der Waals surface area contributed by atoms with Crippen molar-refractivity contribution in [3.63, 3.8) is 0 Å². The van der Waals surface area contributed by atoms with Gasteiger partial charge in [-0.1, -0.05) is 24.3 Å². The van der Waals surface area contributed by atoms with Crippen LogP contribution in [0.15, 0.2) is 41.0 Å². The summed E-state index contributed by atoms with van der Waals surface area (Å²) in [7, 11) is 0. The SMILES string of the molecule is O=C(O)c1coc(CN2CCc3ccccc3CC2)c1. The molecule has 0 unspecified atom stereocenters. The Labute approximate surface area is 117 Å². The van der Waals surface area contributed by atoms with Gasteiger partial charge in [0.15, 0.2) is 0 Å². The van der Waals surface area contributed by atoms with Crippen LogP contribution in [0.1, 0.15) is 27.2 Å². The van der Waals surface area contributed by atoms with E-state index in [2.05, 4.69) is 29.2 Å². The highest BCUT2D eigenvalue weighted by Gasteiger charge is 2.16. The first-order valence-electron chi connectivity index (χ1n) is 6.82. The Morgan fingerprint density at radius 1 is 1.20 bits per heavy atom. The van der Waals surface area contributed by atoms with Crippen LogP contribution in [0.2, 0.25) is 0 Å². The zero-order chi connectivity index (χ0) is 13.9. The predicted molar refractivity (Wildman–Crippen MR) is 74.8 cm³/mol. The van der Waals surface area contributed by atoms with Crippen LogP contribution in [0.4, 0.5) is 0 Å². The van der Waals surface area contributed by atoms with E-state index < -0.39 is 5.97 Å². The Balaban J connectivity index is 1.66. The fourth-order valence-corrected chi connectivity index (χ4v) is 2.67. The highest BCUT2D eigenvalue weighted by atomic mass is 16.4. The van der Waals surface area contributed by atoms with Gasteiger partial charge >= 0.3 is 5.97 Å². The lowest BCUT2D eigenvalue weighted by Gasteiger charge is -2.17. The average Bonchev–Trinajstić information content (AvgIpc) is 2.82. The molecule has 1 aliphatic heterocycles. The summed E-state index contributed by atoms with van der Waals surface area (Å²) in [4.78, 5) is 13.1. The third-order valence-electron chi connectivity index (χ3n) is 3.79. The zero-order valence-corrected chi connectivity index (χ0v) is 11.2. The number of carbonyl (C=O) groups is 1. The molecule has 4 heteroatoms. The maximum Gasteiger partial charge on any atom is 0.338 e. The molecule has 0 saturated heterocycles. The highest BCUT2D eigenvalue weighted by molar-refractivity contribution is 5.87. The number of carboxylic acid groups (broad SMARTS) is 1. The van der Waals surface area contributed by atoms with Gasteiger partial charge in [0.1, 0.15) is 12.0 Å². The Hall–Kier alpha value is -2.07. The largest absolute Gasteiger partial charge is 0.478 e. The van der Waals surface area contributed by atoms with E-state index in [0.29, 0.717) is 12.3 Å². The van der Waals surface area contributed by atoms with E-state index in [1.807, 2.05) is 0 Å². The predicted octanol–water partition coefficient (Wildman–Crippen LogP) is 2.58. The molecule has 20 heavy (non-hydrogen) atoms. The summed E-state index contributed by atoms with van der Waals surface area (Å²) < 4.78 is 5.32. The Bertz CT molecular complexity index is 591. The molecule has 0 radical (unpaired) electrons. The number of aromatic carboxylic acids is 1. The Kier molecular flexibility index (Phi) is 3.56. The van der Waals surface area contributed by atoms with Gasteiger partial charge in [-0.25, -0.2) is 4.79 Å². The van der Waals surface area contributed by atoms with Crippen molar-refractivity contribution < 1.29 is 14.3 Å². The normalized spacial score (nSPS) is 15.6. The zero-order valence-electron chi connectivity index (χ0n) is 11.2. The van der Waals surface area contributed by atoms with Gasteiger partial charge in [0.25, 0.3) is 0 Å². The van der Waals surface area contributed by atoms with Crippen LogP contribution in [0, 0.1) is 0 Å². The lowest BCUT2D eigenvalue weighted by Crippen LogP contribution is -2.25. The number of rotatable bonds is 3. The van der Waals surface area contributed by atoms with E-state index in [1.54, 1.807) is 6.07 Å². The number of hydrogen-bond acceptors (Lipinski definition) is 3. The van der Waals surface area contributed by atoms with Crippen LogP contribution in [0.3, 0.4) is 0 Å². The topological polar surface area (TPSA) is 53.7 Å². The van der Waals surface area contributed by atoms with Crippen molar-refractivity contribution in [1.82, 2.24) is 4.90 Å². The number of carboxylic acids is 1. The second-order valence-electron chi connectivity index (χ2n) is 5.15. The second-order valence-corrected chi connectivity index (χ2v) is 5.15. The average molecular weight is 271 g/mol. The molecule has 1 aliphatic rings. The van der Waals surface area contributed by atoms with E-state index in [-0.39, 0.29) is 5.56 Å². The van der Waals surface area contributed by atoms with Gasteiger partial charge in [-0.2, -0.15) is 0 Å². The number of nitrogens with zero attached hydrogens (tertiary/aromatic N) is 1. The molecule has 2 aromatic rings. The highest BCUT2D eigenvalue weighted by Crippen LogP contribution is 2.18. The first kappa shape index (κ1) is 12.9. The van der Waals surface area contributed by atoms with Gasteiger partial charge in [-0.05, 0) is 30.0 Å². The van der Waals surface area contributed by atoms with E-state index in [0.717, 1.165) is 25.9 Å². The Morgan fingerprint density at radius 2 is 1.85 bits per heavy atom. The van der Waals surface area contributed by atoms with Gasteiger partial charge in [-0.15, -0.1) is 0 Å². The minimum absolute atomic E-state index is 0.220. The van der Waals surface area contributed by atoms with Gasteiger partial charge in [0.2, 0.25) is 0 Å². The fourth-order valence-electron chi connectivity index (χ4n) is 2.67. The van der Waals surface area contributed by atoms with E-state index in [4.69, 9.17) is 9.52 Å². The van der Waals surface area contributed by atoms with Crippen LogP contribution in [0.25, 0.3) is 0 Å². The van der Waals surface area contributed by atoms with Crippen molar-refractivity contribution in [2.75, 3.05) is 13.1 Å². The van der Waals surface area contributed by atoms with Crippen LogP contribution >= 0.6 is 0 Å². The number of furan rings is 1. The fraction of sp³-hybridized carbons (Fsp3) is 0.312. The molecule has 0 aliphatic carbocycles. The van der Waals surface area contributed by atoms with E-state index in [9.17, 15) is 4.79 Å². The van der Waals surface area contributed by atoms with Gasteiger partial charge in [0.05, 0.1) is 12.1 Å². The first-order valence-corrected chi connectivity index (χ1v) is 6.82. The second kappa shape index (κ2) is 5.51. The molecule has 3 rings (SSSR count). The molecule has 0 atom stereocenters. The summed E-state index contributed by atoms with van der Waals surface area (Å²) in [5.74, 6) is -0.225. The summed E-state index contributed by atoms with van der Waals surface area (Å²) in [6, 6.07) is 10.2. The van der Waals surface area contributed by atoms with E-state index in [1.165, 1.54) is 17.4 Å². The molecule has 104 valence electrons. The first-order chi connectivity index (χ1) is 9.72. The minimum atomic E-state index is -0.941. The molecule has 0 fully saturated rings. The van der Waals surface area contributed by atoms with E-state index >= 15 is 0 Å². The van der Waals surface area contributed by atoms with Crippen LogP contribution < -0.4 is 0 Å². The number of hydrogen-bond donors (Lipinski definition) is 1. The van der Waals surface area contributed by atoms with Crippen LogP contribution in [-0.4, -0.2) is 29.1 Å².